The quantitative estimate of drug-likeness (QED) is 0.818. The average Bonchev–Trinajstić information content (AvgIpc) is 2.61. The van der Waals surface area contributed by atoms with Crippen LogP contribution in [0.2, 0.25) is 0 Å². The number of benzene rings is 1. The van der Waals surface area contributed by atoms with Crippen LogP contribution in [0.4, 0.5) is 5.69 Å². The highest BCUT2D eigenvalue weighted by Gasteiger charge is 2.16. The molecule has 2 N–H and O–H groups in total. The van der Waals surface area contributed by atoms with Crippen LogP contribution in [0.25, 0.3) is 6.08 Å². The standard InChI is InChI=1S/C15H18N2O3/c1-11-3-5-13(12(9-11)4-6-15(19)20)17-8-2-7-16-14(18)10-17/h3-6,9H,2,7-8,10H2,1H3,(H,16,18)(H,19,20)/b6-4+. The van der Waals surface area contributed by atoms with Crippen molar-refractivity contribution in [3.63, 3.8) is 0 Å². The molecule has 1 saturated heterocycles. The van der Waals surface area contributed by atoms with Gasteiger partial charge in [0, 0.05) is 24.9 Å². The van der Waals surface area contributed by atoms with Crippen molar-refractivity contribution in [2.75, 3.05) is 24.5 Å². The number of hydrogen-bond donors (Lipinski definition) is 2. The number of aryl methyl sites for hydroxylation is 1. The Morgan fingerprint density at radius 1 is 1.45 bits per heavy atom. The first kappa shape index (κ1) is 14.1. The number of rotatable bonds is 3. The predicted molar refractivity (Wildman–Crippen MR) is 77.7 cm³/mol. The first-order valence-electron chi connectivity index (χ1n) is 6.59. The molecule has 1 fully saturated rings. The van der Waals surface area contributed by atoms with Crippen molar-refractivity contribution in [1.82, 2.24) is 5.32 Å². The number of carboxylic acids is 1. The number of nitrogens with one attached hydrogen (secondary N) is 1. The first-order chi connectivity index (χ1) is 9.56. The minimum Gasteiger partial charge on any atom is -0.478 e. The van der Waals surface area contributed by atoms with E-state index in [2.05, 4.69) is 5.32 Å². The molecule has 0 bridgehead atoms. The summed E-state index contributed by atoms with van der Waals surface area (Å²) in [5.74, 6) is -0.984. The highest BCUT2D eigenvalue weighted by Crippen LogP contribution is 2.24. The normalized spacial score (nSPS) is 16.1. The van der Waals surface area contributed by atoms with Crippen LogP contribution in [0, 0.1) is 6.92 Å². The number of nitrogens with zero attached hydrogens (tertiary/aromatic N) is 1. The summed E-state index contributed by atoms with van der Waals surface area (Å²) in [5, 5.41) is 11.6. The topological polar surface area (TPSA) is 69.6 Å². The Kier molecular flexibility index (Phi) is 4.40. The maximum Gasteiger partial charge on any atom is 0.328 e. The van der Waals surface area contributed by atoms with Crippen LogP contribution in [0.1, 0.15) is 17.5 Å². The fourth-order valence-corrected chi connectivity index (χ4v) is 2.27. The van der Waals surface area contributed by atoms with Crippen molar-refractivity contribution in [3.8, 4) is 0 Å². The summed E-state index contributed by atoms with van der Waals surface area (Å²) in [6, 6.07) is 5.84. The van der Waals surface area contributed by atoms with Gasteiger partial charge in [-0.15, -0.1) is 0 Å². The lowest BCUT2D eigenvalue weighted by molar-refractivity contribution is -0.131. The Bertz CT molecular complexity index is 552. The molecule has 106 valence electrons. The Balaban J connectivity index is 2.34. The van der Waals surface area contributed by atoms with E-state index in [4.69, 9.17) is 5.11 Å². The Morgan fingerprint density at radius 2 is 2.25 bits per heavy atom. The summed E-state index contributed by atoms with van der Waals surface area (Å²) in [4.78, 5) is 24.3. The number of anilines is 1. The van der Waals surface area contributed by atoms with Gasteiger partial charge in [0.05, 0.1) is 6.54 Å². The number of amides is 1. The van der Waals surface area contributed by atoms with Gasteiger partial charge in [0.1, 0.15) is 0 Å². The van der Waals surface area contributed by atoms with Crippen LogP contribution in [0.3, 0.4) is 0 Å². The second-order valence-electron chi connectivity index (χ2n) is 4.86. The second kappa shape index (κ2) is 6.23. The van der Waals surface area contributed by atoms with Crippen LogP contribution in [-0.4, -0.2) is 36.6 Å². The van der Waals surface area contributed by atoms with E-state index in [-0.39, 0.29) is 5.91 Å². The molecule has 0 atom stereocenters. The van der Waals surface area contributed by atoms with E-state index in [0.717, 1.165) is 35.9 Å². The molecule has 0 unspecified atom stereocenters. The fraction of sp³-hybridized carbons (Fsp3) is 0.333. The zero-order valence-electron chi connectivity index (χ0n) is 11.4. The molecule has 1 aliphatic heterocycles. The minimum atomic E-state index is -0.980. The minimum absolute atomic E-state index is 0.00348. The van der Waals surface area contributed by atoms with Gasteiger partial charge in [0.15, 0.2) is 0 Å². The predicted octanol–water partition coefficient (Wildman–Crippen LogP) is 1.42. The monoisotopic (exact) mass is 274 g/mol. The molecule has 0 radical (unpaired) electrons. The molecule has 1 aromatic carbocycles. The number of carbonyl (C=O) groups is 2. The molecule has 0 spiro atoms. The van der Waals surface area contributed by atoms with Gasteiger partial charge in [-0.1, -0.05) is 11.6 Å². The Labute approximate surface area is 117 Å². The van der Waals surface area contributed by atoms with Gasteiger partial charge >= 0.3 is 5.97 Å². The number of carbonyl (C=O) groups excluding carboxylic acids is 1. The molecule has 1 aliphatic rings. The van der Waals surface area contributed by atoms with E-state index < -0.39 is 5.97 Å². The van der Waals surface area contributed by atoms with E-state index in [9.17, 15) is 9.59 Å². The van der Waals surface area contributed by atoms with Crippen LogP contribution in [-0.2, 0) is 9.59 Å². The van der Waals surface area contributed by atoms with Gasteiger partial charge in [-0.3, -0.25) is 4.79 Å². The summed E-state index contributed by atoms with van der Waals surface area (Å²) in [6.45, 7) is 3.71. The maximum absolute atomic E-state index is 11.6. The van der Waals surface area contributed by atoms with Crippen molar-refractivity contribution >= 4 is 23.6 Å². The third-order valence-electron chi connectivity index (χ3n) is 3.19. The summed E-state index contributed by atoms with van der Waals surface area (Å²) in [5.41, 5.74) is 2.77. The van der Waals surface area contributed by atoms with E-state index >= 15 is 0 Å². The van der Waals surface area contributed by atoms with E-state index in [1.165, 1.54) is 0 Å². The lowest BCUT2D eigenvalue weighted by Gasteiger charge is -2.23. The average molecular weight is 274 g/mol. The molecule has 2 rings (SSSR count). The Morgan fingerprint density at radius 3 is 3.00 bits per heavy atom. The summed E-state index contributed by atoms with van der Waals surface area (Å²) in [7, 11) is 0. The molecule has 5 heteroatoms. The second-order valence-corrected chi connectivity index (χ2v) is 4.86. The summed E-state index contributed by atoms with van der Waals surface area (Å²) < 4.78 is 0. The number of hydrogen-bond acceptors (Lipinski definition) is 3. The van der Waals surface area contributed by atoms with Crippen molar-refractivity contribution < 1.29 is 14.7 Å². The van der Waals surface area contributed by atoms with Gasteiger partial charge in [-0.25, -0.2) is 4.79 Å². The number of aliphatic carboxylic acids is 1. The summed E-state index contributed by atoms with van der Waals surface area (Å²) in [6.07, 6.45) is 3.57. The van der Waals surface area contributed by atoms with Gasteiger partial charge in [0.25, 0.3) is 0 Å². The first-order valence-corrected chi connectivity index (χ1v) is 6.59. The third-order valence-corrected chi connectivity index (χ3v) is 3.19. The molecule has 0 saturated carbocycles. The highest BCUT2D eigenvalue weighted by molar-refractivity contribution is 5.88. The fourth-order valence-electron chi connectivity index (χ4n) is 2.27. The lowest BCUT2D eigenvalue weighted by atomic mass is 10.1. The SMILES string of the molecule is Cc1ccc(N2CCCNC(=O)C2)c(/C=C/C(=O)O)c1. The van der Waals surface area contributed by atoms with Crippen LogP contribution in [0.5, 0.6) is 0 Å². The zero-order chi connectivity index (χ0) is 14.5. The van der Waals surface area contributed by atoms with Crippen LogP contribution in [0.15, 0.2) is 24.3 Å². The molecule has 1 aromatic rings. The van der Waals surface area contributed by atoms with E-state index in [1.54, 1.807) is 6.08 Å². The van der Waals surface area contributed by atoms with Gasteiger partial charge in [-0.2, -0.15) is 0 Å². The molecule has 0 aromatic heterocycles. The molecule has 20 heavy (non-hydrogen) atoms. The van der Waals surface area contributed by atoms with E-state index in [1.807, 2.05) is 30.0 Å². The summed E-state index contributed by atoms with van der Waals surface area (Å²) >= 11 is 0. The highest BCUT2D eigenvalue weighted by atomic mass is 16.4. The molecule has 1 heterocycles. The molecule has 5 nitrogen and oxygen atoms in total. The van der Waals surface area contributed by atoms with Gasteiger partial charge < -0.3 is 15.3 Å². The number of carboxylic acid groups (broad SMARTS) is 1. The third kappa shape index (κ3) is 3.60. The van der Waals surface area contributed by atoms with Crippen molar-refractivity contribution in [1.29, 1.82) is 0 Å². The van der Waals surface area contributed by atoms with Crippen molar-refractivity contribution in [2.45, 2.75) is 13.3 Å². The lowest BCUT2D eigenvalue weighted by Crippen LogP contribution is -2.33. The molecule has 1 amide bonds. The van der Waals surface area contributed by atoms with Crippen LogP contribution < -0.4 is 10.2 Å². The van der Waals surface area contributed by atoms with E-state index in [0.29, 0.717) is 13.1 Å². The van der Waals surface area contributed by atoms with Crippen molar-refractivity contribution in [3.05, 3.63) is 35.4 Å². The van der Waals surface area contributed by atoms with Crippen LogP contribution >= 0.6 is 0 Å². The molecule has 0 aliphatic carbocycles. The Hall–Kier alpha value is -2.30. The molecular formula is C15H18N2O3. The molecular weight excluding hydrogens is 256 g/mol. The van der Waals surface area contributed by atoms with Gasteiger partial charge in [0.2, 0.25) is 5.91 Å². The zero-order valence-corrected chi connectivity index (χ0v) is 11.4. The largest absolute Gasteiger partial charge is 0.478 e. The smallest absolute Gasteiger partial charge is 0.328 e. The van der Waals surface area contributed by atoms with Gasteiger partial charge in [-0.05, 0) is 37.1 Å². The maximum atomic E-state index is 11.6. The van der Waals surface area contributed by atoms with Crippen molar-refractivity contribution in [2.24, 2.45) is 0 Å².